The van der Waals surface area contributed by atoms with E-state index in [1.54, 1.807) is 6.92 Å². The Morgan fingerprint density at radius 2 is 1.33 bits per heavy atom. The van der Waals surface area contributed by atoms with E-state index in [0.29, 0.717) is 15.6 Å². The highest BCUT2D eigenvalue weighted by atomic mass is 35.5. The van der Waals surface area contributed by atoms with Gasteiger partial charge in [-0.1, -0.05) is 46.4 Å². The topological polar surface area (TPSA) is 26.0 Å². The number of hydrogen-bond acceptors (Lipinski definition) is 1. The standard InChI is InChI=1S/C7H5Cl4N/c1-2-3(8)5(10)6(11)7(12)4(2)9/h12H2,1H3. The van der Waals surface area contributed by atoms with Crippen LogP contribution in [0, 0.1) is 6.92 Å². The summed E-state index contributed by atoms with van der Waals surface area (Å²) in [7, 11) is 0. The van der Waals surface area contributed by atoms with Gasteiger partial charge >= 0.3 is 0 Å². The van der Waals surface area contributed by atoms with Gasteiger partial charge in [0.15, 0.2) is 0 Å². The lowest BCUT2D eigenvalue weighted by molar-refractivity contribution is 1.47. The molecule has 0 unspecified atom stereocenters. The number of nitrogens with two attached hydrogens (primary N) is 1. The summed E-state index contributed by atoms with van der Waals surface area (Å²) >= 11 is 23.1. The molecule has 12 heavy (non-hydrogen) atoms. The highest BCUT2D eigenvalue weighted by Crippen LogP contribution is 2.42. The molecular formula is C7H5Cl4N. The van der Waals surface area contributed by atoms with Gasteiger partial charge in [-0.15, -0.1) is 0 Å². The van der Waals surface area contributed by atoms with Gasteiger partial charge in [0.2, 0.25) is 0 Å². The minimum atomic E-state index is 0.206. The van der Waals surface area contributed by atoms with Crippen LogP contribution in [-0.4, -0.2) is 0 Å². The van der Waals surface area contributed by atoms with E-state index >= 15 is 0 Å². The maximum absolute atomic E-state index is 5.81. The van der Waals surface area contributed by atoms with Gasteiger partial charge in [-0.2, -0.15) is 0 Å². The second kappa shape index (κ2) is 3.51. The fraction of sp³-hybridized carbons (Fsp3) is 0.143. The molecule has 5 heteroatoms. The van der Waals surface area contributed by atoms with Crippen LogP contribution >= 0.6 is 46.4 Å². The smallest absolute Gasteiger partial charge is 0.0852 e. The van der Waals surface area contributed by atoms with Crippen LogP contribution in [0.25, 0.3) is 0 Å². The Morgan fingerprint density at radius 3 is 1.83 bits per heavy atom. The molecule has 66 valence electrons. The summed E-state index contributed by atoms with van der Waals surface area (Å²) in [4.78, 5) is 0. The van der Waals surface area contributed by atoms with Crippen LogP contribution in [0.3, 0.4) is 0 Å². The van der Waals surface area contributed by atoms with E-state index in [-0.39, 0.29) is 15.7 Å². The van der Waals surface area contributed by atoms with Crippen molar-refractivity contribution in [2.45, 2.75) is 6.92 Å². The molecule has 0 fully saturated rings. The van der Waals surface area contributed by atoms with Crippen molar-refractivity contribution in [2.24, 2.45) is 0 Å². The van der Waals surface area contributed by atoms with Crippen LogP contribution in [0.1, 0.15) is 5.56 Å². The van der Waals surface area contributed by atoms with Crippen molar-refractivity contribution in [3.8, 4) is 0 Å². The molecule has 0 saturated carbocycles. The lowest BCUT2D eigenvalue weighted by atomic mass is 10.2. The van der Waals surface area contributed by atoms with E-state index in [0.717, 1.165) is 0 Å². The van der Waals surface area contributed by atoms with Crippen LogP contribution in [0.2, 0.25) is 20.1 Å². The van der Waals surface area contributed by atoms with Crippen molar-refractivity contribution in [1.82, 2.24) is 0 Å². The van der Waals surface area contributed by atoms with Gasteiger partial charge in [-0.3, -0.25) is 0 Å². The van der Waals surface area contributed by atoms with Crippen molar-refractivity contribution < 1.29 is 0 Å². The Hall–Kier alpha value is 0.180. The zero-order valence-electron chi connectivity index (χ0n) is 6.09. The van der Waals surface area contributed by atoms with Crippen molar-refractivity contribution in [1.29, 1.82) is 0 Å². The Labute approximate surface area is 90.3 Å². The molecule has 0 aliphatic heterocycles. The monoisotopic (exact) mass is 243 g/mol. The molecule has 0 aromatic heterocycles. The van der Waals surface area contributed by atoms with Gasteiger partial charge in [-0.05, 0) is 12.5 Å². The maximum Gasteiger partial charge on any atom is 0.0852 e. The Balaban J connectivity index is 3.60. The summed E-state index contributed by atoms with van der Waals surface area (Å²) in [6.07, 6.45) is 0. The third-order valence-electron chi connectivity index (χ3n) is 1.52. The molecule has 1 aromatic carbocycles. The third-order valence-corrected chi connectivity index (χ3v) is 3.44. The number of hydrogen-bond donors (Lipinski definition) is 1. The average molecular weight is 245 g/mol. The van der Waals surface area contributed by atoms with Crippen molar-refractivity contribution in [2.75, 3.05) is 5.73 Å². The van der Waals surface area contributed by atoms with Crippen LogP contribution in [0.4, 0.5) is 5.69 Å². The summed E-state index contributed by atoms with van der Waals surface area (Å²) in [5.41, 5.74) is 6.46. The van der Waals surface area contributed by atoms with Gasteiger partial charge in [0, 0.05) is 0 Å². The molecule has 0 atom stereocenters. The van der Waals surface area contributed by atoms with Crippen molar-refractivity contribution >= 4 is 52.1 Å². The fourth-order valence-corrected chi connectivity index (χ4v) is 1.73. The molecule has 0 radical (unpaired) electrons. The Bertz CT molecular complexity index is 230. The van der Waals surface area contributed by atoms with Crippen LogP contribution in [0.5, 0.6) is 0 Å². The zero-order chi connectivity index (χ0) is 9.46. The molecule has 0 bridgehead atoms. The second-order valence-electron chi connectivity index (χ2n) is 2.29. The normalized spacial score (nSPS) is 10.4. The first-order valence-electron chi connectivity index (χ1n) is 3.04. The summed E-state index contributed by atoms with van der Waals surface area (Å²) < 4.78 is 0. The Kier molecular flexibility index (Phi) is 3.00. The highest BCUT2D eigenvalue weighted by Gasteiger charge is 2.14. The van der Waals surface area contributed by atoms with Gasteiger partial charge in [0.25, 0.3) is 0 Å². The summed E-state index contributed by atoms with van der Waals surface area (Å²) in [6.45, 7) is 1.73. The average Bonchev–Trinajstić information content (AvgIpc) is 2.08. The van der Waals surface area contributed by atoms with Gasteiger partial charge in [0.05, 0.1) is 25.8 Å². The predicted octanol–water partition coefficient (Wildman–Crippen LogP) is 4.19. The molecule has 1 aromatic rings. The van der Waals surface area contributed by atoms with Crippen molar-refractivity contribution in [3.63, 3.8) is 0 Å². The molecule has 0 aliphatic carbocycles. The molecule has 0 aliphatic rings. The number of anilines is 1. The van der Waals surface area contributed by atoms with E-state index in [4.69, 9.17) is 52.1 Å². The lowest BCUT2D eigenvalue weighted by Crippen LogP contribution is -1.92. The van der Waals surface area contributed by atoms with E-state index in [2.05, 4.69) is 0 Å². The van der Waals surface area contributed by atoms with Gasteiger partial charge in [0.1, 0.15) is 0 Å². The number of halogens is 4. The lowest BCUT2D eigenvalue weighted by Gasteiger charge is -2.08. The van der Waals surface area contributed by atoms with Gasteiger partial charge < -0.3 is 5.73 Å². The van der Waals surface area contributed by atoms with E-state index in [1.807, 2.05) is 0 Å². The molecule has 0 heterocycles. The molecule has 1 rings (SSSR count). The first-order valence-corrected chi connectivity index (χ1v) is 4.56. The second-order valence-corrected chi connectivity index (χ2v) is 3.81. The summed E-state index contributed by atoms with van der Waals surface area (Å²) in [6, 6.07) is 0. The number of nitrogen functional groups attached to an aromatic ring is 1. The third kappa shape index (κ3) is 1.47. The fourth-order valence-electron chi connectivity index (χ4n) is 0.774. The first kappa shape index (κ1) is 10.3. The summed E-state index contributed by atoms with van der Waals surface area (Å²) in [5, 5.41) is 1.16. The molecule has 2 N–H and O–H groups in total. The number of benzene rings is 1. The van der Waals surface area contributed by atoms with Crippen LogP contribution < -0.4 is 5.73 Å². The maximum atomic E-state index is 5.81. The van der Waals surface area contributed by atoms with Crippen molar-refractivity contribution in [3.05, 3.63) is 25.7 Å². The minimum Gasteiger partial charge on any atom is -0.396 e. The van der Waals surface area contributed by atoms with Crippen LogP contribution in [0.15, 0.2) is 0 Å². The predicted molar refractivity (Wildman–Crippen MR) is 55.6 cm³/mol. The molecule has 0 saturated heterocycles. The van der Waals surface area contributed by atoms with E-state index < -0.39 is 0 Å². The zero-order valence-corrected chi connectivity index (χ0v) is 9.11. The highest BCUT2D eigenvalue weighted by molar-refractivity contribution is 6.51. The SMILES string of the molecule is Cc1c(Cl)c(N)c(Cl)c(Cl)c1Cl. The minimum absolute atomic E-state index is 0.206. The Morgan fingerprint density at radius 1 is 0.833 bits per heavy atom. The first-order chi connectivity index (χ1) is 5.46. The largest absolute Gasteiger partial charge is 0.396 e. The van der Waals surface area contributed by atoms with Crippen LogP contribution in [-0.2, 0) is 0 Å². The quantitative estimate of drug-likeness (QED) is 0.414. The number of rotatable bonds is 0. The molecule has 0 spiro atoms. The van der Waals surface area contributed by atoms with E-state index in [1.165, 1.54) is 0 Å². The molecule has 1 nitrogen and oxygen atoms in total. The summed E-state index contributed by atoms with van der Waals surface area (Å²) in [5.74, 6) is 0. The molecule has 0 amide bonds. The van der Waals surface area contributed by atoms with E-state index in [9.17, 15) is 0 Å². The van der Waals surface area contributed by atoms with Gasteiger partial charge in [-0.25, -0.2) is 0 Å². The molecular weight excluding hydrogens is 240 g/mol.